The van der Waals surface area contributed by atoms with Crippen LogP contribution in [0.3, 0.4) is 0 Å². The van der Waals surface area contributed by atoms with Crippen molar-refractivity contribution < 1.29 is 14.3 Å². The number of esters is 1. The Morgan fingerprint density at radius 2 is 1.64 bits per heavy atom. The number of carbonyl (C=O) groups is 2. The van der Waals surface area contributed by atoms with Gasteiger partial charge < -0.3 is 9.64 Å². The molecule has 0 saturated carbocycles. The standard InChI is InChI=1S/C18H19NO3/c1-14-8-10-16(11-9-14)19(17(20)18(21)22-2)13-12-15-6-4-3-5-7-15/h3-11H,12-13H2,1-2H3. The molecule has 0 heterocycles. The van der Waals surface area contributed by atoms with Crippen molar-refractivity contribution in [2.45, 2.75) is 13.3 Å². The maximum Gasteiger partial charge on any atom is 0.397 e. The lowest BCUT2D eigenvalue weighted by atomic mass is 10.1. The van der Waals surface area contributed by atoms with Crippen LogP contribution in [-0.2, 0) is 20.7 Å². The monoisotopic (exact) mass is 297 g/mol. The number of rotatable bonds is 4. The molecule has 0 aliphatic heterocycles. The normalized spacial score (nSPS) is 10.1. The van der Waals surface area contributed by atoms with Crippen molar-refractivity contribution in [1.29, 1.82) is 0 Å². The number of anilines is 1. The molecule has 114 valence electrons. The molecule has 0 bridgehead atoms. The average Bonchev–Trinajstić information content (AvgIpc) is 2.56. The molecule has 1 amide bonds. The highest BCUT2D eigenvalue weighted by atomic mass is 16.5. The van der Waals surface area contributed by atoms with E-state index in [2.05, 4.69) is 4.74 Å². The highest BCUT2D eigenvalue weighted by Gasteiger charge is 2.23. The largest absolute Gasteiger partial charge is 0.462 e. The Bertz CT molecular complexity index is 635. The first-order chi connectivity index (χ1) is 10.6. The summed E-state index contributed by atoms with van der Waals surface area (Å²) < 4.78 is 4.56. The summed E-state index contributed by atoms with van der Waals surface area (Å²) in [6.07, 6.45) is 0.664. The molecule has 0 aromatic heterocycles. The fourth-order valence-electron chi connectivity index (χ4n) is 2.16. The topological polar surface area (TPSA) is 46.6 Å². The maximum atomic E-state index is 12.2. The molecule has 2 aromatic carbocycles. The van der Waals surface area contributed by atoms with Crippen LogP contribution in [0.2, 0.25) is 0 Å². The zero-order valence-corrected chi connectivity index (χ0v) is 12.8. The second kappa shape index (κ2) is 7.41. The second-order valence-corrected chi connectivity index (χ2v) is 5.02. The first kappa shape index (κ1) is 15.8. The summed E-state index contributed by atoms with van der Waals surface area (Å²) in [5.41, 5.74) is 2.89. The second-order valence-electron chi connectivity index (χ2n) is 5.02. The molecule has 22 heavy (non-hydrogen) atoms. The SMILES string of the molecule is COC(=O)C(=O)N(CCc1ccccc1)c1ccc(C)cc1. The van der Waals surface area contributed by atoms with Gasteiger partial charge in [-0.05, 0) is 31.0 Å². The van der Waals surface area contributed by atoms with E-state index in [1.807, 2.05) is 61.5 Å². The number of nitrogens with zero attached hydrogens (tertiary/aromatic N) is 1. The van der Waals surface area contributed by atoms with Crippen LogP contribution in [0.25, 0.3) is 0 Å². The molecule has 0 N–H and O–H groups in total. The molecular formula is C18H19NO3. The van der Waals surface area contributed by atoms with Gasteiger partial charge in [0, 0.05) is 12.2 Å². The van der Waals surface area contributed by atoms with Crippen LogP contribution < -0.4 is 4.90 Å². The van der Waals surface area contributed by atoms with Crippen LogP contribution >= 0.6 is 0 Å². The van der Waals surface area contributed by atoms with Gasteiger partial charge in [0.05, 0.1) is 7.11 Å². The fraction of sp³-hybridized carbons (Fsp3) is 0.222. The van der Waals surface area contributed by atoms with E-state index in [4.69, 9.17) is 0 Å². The number of methoxy groups -OCH3 is 1. The molecule has 2 aromatic rings. The fourth-order valence-corrected chi connectivity index (χ4v) is 2.16. The van der Waals surface area contributed by atoms with Crippen LogP contribution in [-0.4, -0.2) is 25.5 Å². The summed E-state index contributed by atoms with van der Waals surface area (Å²) in [5.74, 6) is -1.50. The number of aryl methyl sites for hydroxylation is 1. The summed E-state index contributed by atoms with van der Waals surface area (Å²) in [6.45, 7) is 2.39. The lowest BCUT2D eigenvalue weighted by Gasteiger charge is -2.21. The van der Waals surface area contributed by atoms with Crippen LogP contribution in [0.4, 0.5) is 5.69 Å². The zero-order valence-electron chi connectivity index (χ0n) is 12.8. The summed E-state index contributed by atoms with van der Waals surface area (Å²) >= 11 is 0. The maximum absolute atomic E-state index is 12.2. The minimum atomic E-state index is -0.853. The van der Waals surface area contributed by atoms with Gasteiger partial charge in [-0.1, -0.05) is 48.0 Å². The molecule has 2 rings (SSSR count). The summed E-state index contributed by atoms with van der Waals surface area (Å²) in [4.78, 5) is 25.3. The van der Waals surface area contributed by atoms with Gasteiger partial charge in [0.25, 0.3) is 0 Å². The Labute approximate surface area is 130 Å². The molecule has 0 atom stereocenters. The lowest BCUT2D eigenvalue weighted by Crippen LogP contribution is -2.38. The Morgan fingerprint density at radius 3 is 2.23 bits per heavy atom. The van der Waals surface area contributed by atoms with Gasteiger partial charge >= 0.3 is 11.9 Å². The summed E-state index contributed by atoms with van der Waals surface area (Å²) in [6, 6.07) is 17.3. The third-order valence-electron chi connectivity index (χ3n) is 3.42. The van der Waals surface area contributed by atoms with Crippen molar-refractivity contribution in [3.05, 3.63) is 65.7 Å². The van der Waals surface area contributed by atoms with Crippen LogP contribution in [0.15, 0.2) is 54.6 Å². The van der Waals surface area contributed by atoms with Crippen LogP contribution in [0.1, 0.15) is 11.1 Å². The quantitative estimate of drug-likeness (QED) is 0.644. The molecular weight excluding hydrogens is 278 g/mol. The van der Waals surface area contributed by atoms with E-state index in [9.17, 15) is 9.59 Å². The minimum Gasteiger partial charge on any atom is -0.462 e. The molecule has 0 spiro atoms. The number of ether oxygens (including phenoxy) is 1. The number of amides is 1. The molecule has 0 saturated heterocycles. The van der Waals surface area contributed by atoms with E-state index in [0.29, 0.717) is 18.7 Å². The number of hydrogen-bond donors (Lipinski definition) is 0. The van der Waals surface area contributed by atoms with E-state index in [-0.39, 0.29) is 0 Å². The lowest BCUT2D eigenvalue weighted by molar-refractivity contribution is -0.151. The first-order valence-electron chi connectivity index (χ1n) is 7.12. The van der Waals surface area contributed by atoms with Crippen molar-refractivity contribution in [3.63, 3.8) is 0 Å². The Kier molecular flexibility index (Phi) is 5.31. The Morgan fingerprint density at radius 1 is 1.00 bits per heavy atom. The van der Waals surface area contributed by atoms with Gasteiger partial charge in [-0.25, -0.2) is 4.79 Å². The van der Waals surface area contributed by atoms with Crippen molar-refractivity contribution in [2.24, 2.45) is 0 Å². The summed E-state index contributed by atoms with van der Waals surface area (Å²) in [5, 5.41) is 0. The molecule has 0 unspecified atom stereocenters. The van der Waals surface area contributed by atoms with Crippen LogP contribution in [0, 0.1) is 6.92 Å². The zero-order chi connectivity index (χ0) is 15.9. The molecule has 0 aliphatic rings. The molecule has 4 heteroatoms. The molecule has 0 fully saturated rings. The van der Waals surface area contributed by atoms with E-state index in [0.717, 1.165) is 11.1 Å². The van der Waals surface area contributed by atoms with Gasteiger partial charge in [0.1, 0.15) is 0 Å². The highest BCUT2D eigenvalue weighted by Crippen LogP contribution is 2.16. The van der Waals surface area contributed by atoms with Crippen molar-refractivity contribution in [2.75, 3.05) is 18.6 Å². The number of benzene rings is 2. The average molecular weight is 297 g/mol. The predicted octanol–water partition coefficient (Wildman–Crippen LogP) is 2.74. The van der Waals surface area contributed by atoms with Crippen molar-refractivity contribution in [1.82, 2.24) is 0 Å². The summed E-state index contributed by atoms with van der Waals surface area (Å²) in [7, 11) is 1.21. The molecule has 0 radical (unpaired) electrons. The van der Waals surface area contributed by atoms with E-state index in [1.165, 1.54) is 12.0 Å². The number of carbonyl (C=O) groups excluding carboxylic acids is 2. The van der Waals surface area contributed by atoms with Gasteiger partial charge in [0.2, 0.25) is 0 Å². The smallest absolute Gasteiger partial charge is 0.397 e. The first-order valence-corrected chi connectivity index (χ1v) is 7.12. The van der Waals surface area contributed by atoms with Gasteiger partial charge in [-0.15, -0.1) is 0 Å². The van der Waals surface area contributed by atoms with E-state index in [1.54, 1.807) is 0 Å². The number of hydrogen-bond acceptors (Lipinski definition) is 3. The van der Waals surface area contributed by atoms with Crippen molar-refractivity contribution in [3.8, 4) is 0 Å². The third kappa shape index (κ3) is 3.95. The highest BCUT2D eigenvalue weighted by molar-refractivity contribution is 6.38. The van der Waals surface area contributed by atoms with Crippen LogP contribution in [0.5, 0.6) is 0 Å². The Balaban J connectivity index is 2.19. The Hall–Kier alpha value is -2.62. The van der Waals surface area contributed by atoms with E-state index >= 15 is 0 Å². The molecule has 0 aliphatic carbocycles. The van der Waals surface area contributed by atoms with Crippen molar-refractivity contribution >= 4 is 17.6 Å². The third-order valence-corrected chi connectivity index (χ3v) is 3.42. The minimum absolute atomic E-state index is 0.418. The van der Waals surface area contributed by atoms with E-state index < -0.39 is 11.9 Å². The predicted molar refractivity (Wildman–Crippen MR) is 85.7 cm³/mol. The van der Waals surface area contributed by atoms with Gasteiger partial charge in [-0.2, -0.15) is 0 Å². The van der Waals surface area contributed by atoms with Gasteiger partial charge in [-0.3, -0.25) is 4.79 Å². The van der Waals surface area contributed by atoms with Gasteiger partial charge in [0.15, 0.2) is 0 Å². The molecule has 4 nitrogen and oxygen atoms in total.